The number of hydrogen-bond donors (Lipinski definition) is 1. The number of aryl methyl sites for hydroxylation is 1. The van der Waals surface area contributed by atoms with Crippen molar-refractivity contribution >= 4 is 10.0 Å². The maximum atomic E-state index is 13.0. The maximum Gasteiger partial charge on any atom is 0.243 e. The molecule has 120 valence electrons. The second-order valence-electron chi connectivity index (χ2n) is 5.75. The normalized spacial score (nSPS) is 21.3. The first-order valence-corrected chi connectivity index (χ1v) is 9.06. The van der Waals surface area contributed by atoms with Crippen molar-refractivity contribution in [1.82, 2.24) is 4.31 Å². The number of sulfonamides is 1. The summed E-state index contributed by atoms with van der Waals surface area (Å²) in [7, 11) is -3.71. The van der Waals surface area contributed by atoms with Crippen LogP contribution < -0.4 is 0 Å². The van der Waals surface area contributed by atoms with Gasteiger partial charge in [0.25, 0.3) is 0 Å². The molecular weight excluding hydrogens is 300 g/mol. The zero-order valence-corrected chi connectivity index (χ0v) is 13.8. The Hall–Kier alpha value is -1.42. The van der Waals surface area contributed by atoms with Gasteiger partial charge >= 0.3 is 0 Å². The van der Waals surface area contributed by atoms with Gasteiger partial charge in [0.05, 0.1) is 28.7 Å². The molecule has 1 aliphatic heterocycles. The number of rotatable bonds is 4. The monoisotopic (exact) mass is 322 g/mol. The molecule has 6 heteroatoms. The highest BCUT2D eigenvalue weighted by Gasteiger charge is 2.37. The summed E-state index contributed by atoms with van der Waals surface area (Å²) in [6.07, 6.45) is 2.25. The van der Waals surface area contributed by atoms with E-state index in [2.05, 4.69) is 0 Å². The molecule has 0 spiro atoms. The Kier molecular flexibility index (Phi) is 5.22. The molecule has 0 aromatic heterocycles. The highest BCUT2D eigenvalue weighted by Crippen LogP contribution is 2.29. The quantitative estimate of drug-likeness (QED) is 0.921. The molecule has 1 aliphatic rings. The van der Waals surface area contributed by atoms with Crippen molar-refractivity contribution in [3.8, 4) is 6.07 Å². The molecule has 1 aromatic carbocycles. The van der Waals surface area contributed by atoms with E-state index in [-0.39, 0.29) is 10.9 Å². The standard InChI is InChI=1S/C16H22N2O3S/c1-3-15(19)14-6-4-5-9-18(14)22(20,21)16-10-13(11-17)8-7-12(16)2/h7-8,10,14-15,19H,3-6,9H2,1-2H3/t14-,15+/m0/s1. The Morgan fingerprint density at radius 2 is 2.18 bits per heavy atom. The van der Waals surface area contributed by atoms with Gasteiger partial charge in [-0.25, -0.2) is 8.42 Å². The van der Waals surface area contributed by atoms with Gasteiger partial charge in [-0.15, -0.1) is 0 Å². The van der Waals surface area contributed by atoms with Crippen LogP contribution in [0.1, 0.15) is 43.7 Å². The van der Waals surface area contributed by atoms with E-state index in [1.807, 2.05) is 13.0 Å². The van der Waals surface area contributed by atoms with E-state index in [0.717, 1.165) is 12.8 Å². The Balaban J connectivity index is 2.46. The van der Waals surface area contributed by atoms with E-state index in [1.54, 1.807) is 19.1 Å². The molecule has 1 aromatic rings. The van der Waals surface area contributed by atoms with Gasteiger partial charge in [-0.2, -0.15) is 9.57 Å². The minimum Gasteiger partial charge on any atom is -0.391 e. The van der Waals surface area contributed by atoms with Crippen molar-refractivity contribution in [1.29, 1.82) is 5.26 Å². The topological polar surface area (TPSA) is 81.4 Å². The van der Waals surface area contributed by atoms with Crippen LogP contribution in [0.3, 0.4) is 0 Å². The number of nitrogens with zero attached hydrogens (tertiary/aromatic N) is 2. The number of hydrogen-bond acceptors (Lipinski definition) is 4. The molecule has 0 amide bonds. The molecule has 1 heterocycles. The molecule has 5 nitrogen and oxygen atoms in total. The van der Waals surface area contributed by atoms with Crippen molar-refractivity contribution < 1.29 is 13.5 Å². The zero-order valence-electron chi connectivity index (χ0n) is 13.0. The molecule has 2 rings (SSSR count). The van der Waals surface area contributed by atoms with Crippen molar-refractivity contribution in [2.45, 2.75) is 56.6 Å². The highest BCUT2D eigenvalue weighted by molar-refractivity contribution is 7.89. The van der Waals surface area contributed by atoms with Crippen molar-refractivity contribution in [3.05, 3.63) is 29.3 Å². The molecule has 22 heavy (non-hydrogen) atoms. The van der Waals surface area contributed by atoms with Gasteiger partial charge < -0.3 is 5.11 Å². The number of nitriles is 1. The predicted octanol–water partition coefficient (Wildman–Crippen LogP) is 2.18. The summed E-state index contributed by atoms with van der Waals surface area (Å²) in [6, 6.07) is 6.29. The Labute approximate surface area is 132 Å². The molecule has 0 saturated carbocycles. The van der Waals surface area contributed by atoms with Gasteiger partial charge in [-0.05, 0) is 43.9 Å². The van der Waals surface area contributed by atoms with Crippen molar-refractivity contribution in [2.24, 2.45) is 0 Å². The fraction of sp³-hybridized carbons (Fsp3) is 0.562. The minimum absolute atomic E-state index is 0.168. The zero-order chi connectivity index (χ0) is 16.3. The van der Waals surface area contributed by atoms with E-state index in [9.17, 15) is 13.5 Å². The molecule has 1 saturated heterocycles. The first-order valence-electron chi connectivity index (χ1n) is 7.62. The van der Waals surface area contributed by atoms with Crippen LogP contribution in [0.4, 0.5) is 0 Å². The molecule has 0 aliphatic carbocycles. The summed E-state index contributed by atoms with van der Waals surface area (Å²) in [5, 5.41) is 19.2. The number of piperidine rings is 1. The van der Waals surface area contributed by atoms with Crippen LogP contribution in [0.25, 0.3) is 0 Å². The second-order valence-corrected chi connectivity index (χ2v) is 7.61. The highest BCUT2D eigenvalue weighted by atomic mass is 32.2. The van der Waals surface area contributed by atoms with Gasteiger partial charge in [-0.3, -0.25) is 0 Å². The maximum absolute atomic E-state index is 13.0. The molecule has 0 radical (unpaired) electrons. The summed E-state index contributed by atoms with van der Waals surface area (Å²) in [4.78, 5) is 0.168. The second kappa shape index (κ2) is 6.78. The average Bonchev–Trinajstić information content (AvgIpc) is 2.54. The largest absolute Gasteiger partial charge is 0.391 e. The summed E-state index contributed by atoms with van der Waals surface area (Å²) >= 11 is 0. The number of aliphatic hydroxyl groups excluding tert-OH is 1. The van der Waals surface area contributed by atoms with E-state index in [0.29, 0.717) is 30.5 Å². The minimum atomic E-state index is -3.71. The van der Waals surface area contributed by atoms with Crippen LogP contribution in [0.5, 0.6) is 0 Å². The first kappa shape index (κ1) is 16.9. The third-order valence-corrected chi connectivity index (χ3v) is 6.33. The van der Waals surface area contributed by atoms with Crippen LogP contribution in [-0.4, -0.2) is 36.5 Å². The van der Waals surface area contributed by atoms with Crippen LogP contribution >= 0.6 is 0 Å². The lowest BCUT2D eigenvalue weighted by Gasteiger charge is -2.37. The summed E-state index contributed by atoms with van der Waals surface area (Å²) in [5.74, 6) is 0. The number of aliphatic hydroxyl groups is 1. The van der Waals surface area contributed by atoms with E-state index in [4.69, 9.17) is 5.26 Å². The van der Waals surface area contributed by atoms with E-state index >= 15 is 0 Å². The lowest BCUT2D eigenvalue weighted by Crippen LogP contribution is -2.49. The summed E-state index contributed by atoms with van der Waals surface area (Å²) in [6.45, 7) is 4.00. The summed E-state index contributed by atoms with van der Waals surface area (Å²) < 4.78 is 27.4. The van der Waals surface area contributed by atoms with Crippen molar-refractivity contribution in [3.63, 3.8) is 0 Å². The molecule has 2 atom stereocenters. The average molecular weight is 322 g/mol. The lowest BCUT2D eigenvalue weighted by atomic mass is 9.98. The van der Waals surface area contributed by atoms with E-state index < -0.39 is 16.1 Å². The van der Waals surface area contributed by atoms with Crippen LogP contribution in [0.2, 0.25) is 0 Å². The smallest absolute Gasteiger partial charge is 0.243 e. The third kappa shape index (κ3) is 3.17. The van der Waals surface area contributed by atoms with E-state index in [1.165, 1.54) is 10.4 Å². The fourth-order valence-corrected chi connectivity index (χ4v) is 4.93. The van der Waals surface area contributed by atoms with Gasteiger partial charge in [-0.1, -0.05) is 19.4 Å². The molecule has 0 unspecified atom stereocenters. The molecular formula is C16H22N2O3S. The first-order chi connectivity index (χ1) is 10.4. The molecule has 1 N–H and O–H groups in total. The summed E-state index contributed by atoms with van der Waals surface area (Å²) in [5.41, 5.74) is 0.947. The van der Waals surface area contributed by atoms with Gasteiger partial charge in [0.1, 0.15) is 0 Å². The Morgan fingerprint density at radius 1 is 1.45 bits per heavy atom. The third-order valence-electron chi connectivity index (χ3n) is 4.26. The Bertz CT molecular complexity index is 679. The predicted molar refractivity (Wildman–Crippen MR) is 83.7 cm³/mol. The SMILES string of the molecule is CC[C@@H](O)[C@@H]1CCCCN1S(=O)(=O)c1cc(C#N)ccc1C. The fourth-order valence-electron chi connectivity index (χ4n) is 2.96. The molecule has 1 fully saturated rings. The number of benzene rings is 1. The lowest BCUT2D eigenvalue weighted by molar-refractivity contribution is 0.0667. The van der Waals surface area contributed by atoms with Crippen LogP contribution in [0, 0.1) is 18.3 Å². The van der Waals surface area contributed by atoms with Crippen LogP contribution in [-0.2, 0) is 10.0 Å². The molecule has 0 bridgehead atoms. The Morgan fingerprint density at radius 3 is 2.82 bits per heavy atom. The van der Waals surface area contributed by atoms with Crippen LogP contribution in [0.15, 0.2) is 23.1 Å². The van der Waals surface area contributed by atoms with Gasteiger partial charge in [0, 0.05) is 6.54 Å². The van der Waals surface area contributed by atoms with Crippen molar-refractivity contribution in [2.75, 3.05) is 6.54 Å². The van der Waals surface area contributed by atoms with Gasteiger partial charge in [0.2, 0.25) is 10.0 Å². The van der Waals surface area contributed by atoms with Gasteiger partial charge in [0.15, 0.2) is 0 Å².